The minimum Gasteiger partial charge on any atom is -0.236 e. The lowest BCUT2D eigenvalue weighted by molar-refractivity contribution is 0.585. The van der Waals surface area contributed by atoms with Crippen LogP contribution in [0.4, 0.5) is 4.39 Å². The smallest absolute Gasteiger partial charge is 0.224 e. The van der Waals surface area contributed by atoms with Gasteiger partial charge in [0.25, 0.3) is 0 Å². The largest absolute Gasteiger partial charge is 0.236 e. The summed E-state index contributed by atoms with van der Waals surface area (Å²) < 4.78 is 14.7. The number of aryl methyl sites for hydroxylation is 2. The minimum absolute atomic E-state index is 0.431. The zero-order chi connectivity index (χ0) is 19.8. The fourth-order valence-electron chi connectivity index (χ4n) is 3.33. The Balaban J connectivity index is 1.73. The maximum atomic E-state index is 14.7. The molecule has 3 rings (SSSR count). The van der Waals surface area contributed by atoms with Gasteiger partial charge < -0.3 is 0 Å². The van der Waals surface area contributed by atoms with Crippen molar-refractivity contribution in [3.05, 3.63) is 71.8 Å². The summed E-state index contributed by atoms with van der Waals surface area (Å²) >= 11 is 0. The van der Waals surface area contributed by atoms with Gasteiger partial charge in [-0.3, -0.25) is 0 Å². The molecule has 0 N–H and O–H groups in total. The first-order valence-electron chi connectivity index (χ1n) is 10.4. The van der Waals surface area contributed by atoms with Crippen LogP contribution in [-0.4, -0.2) is 9.97 Å². The molecule has 1 aromatic heterocycles. The third kappa shape index (κ3) is 5.25. The van der Waals surface area contributed by atoms with E-state index in [1.54, 1.807) is 6.20 Å². The number of hydrogen-bond donors (Lipinski definition) is 0. The summed E-state index contributed by atoms with van der Waals surface area (Å²) in [5.41, 5.74) is 4.69. The molecule has 0 bridgehead atoms. The Hall–Kier alpha value is -2.55. The van der Waals surface area contributed by atoms with E-state index in [1.807, 2.05) is 24.3 Å². The van der Waals surface area contributed by atoms with Crippen LogP contribution in [0.25, 0.3) is 22.5 Å². The van der Waals surface area contributed by atoms with Crippen LogP contribution in [0.3, 0.4) is 0 Å². The SMILES string of the molecule is CCCCCc1ccc(-c2ncc(-c3ccc(CCCC)cc3)c(F)n2)cc1. The van der Waals surface area contributed by atoms with E-state index in [2.05, 4.69) is 48.1 Å². The van der Waals surface area contributed by atoms with E-state index in [9.17, 15) is 4.39 Å². The van der Waals surface area contributed by atoms with Crippen molar-refractivity contribution in [2.45, 2.75) is 58.8 Å². The lowest BCUT2D eigenvalue weighted by atomic mass is 10.0. The first-order valence-corrected chi connectivity index (χ1v) is 10.4. The number of halogens is 1. The van der Waals surface area contributed by atoms with Gasteiger partial charge in [0.05, 0.1) is 5.56 Å². The van der Waals surface area contributed by atoms with Gasteiger partial charge >= 0.3 is 0 Å². The van der Waals surface area contributed by atoms with Gasteiger partial charge in [-0.15, -0.1) is 0 Å². The molecule has 146 valence electrons. The van der Waals surface area contributed by atoms with Crippen LogP contribution in [0.1, 0.15) is 57.1 Å². The Labute approximate surface area is 167 Å². The van der Waals surface area contributed by atoms with E-state index in [0.29, 0.717) is 11.4 Å². The molecule has 0 fully saturated rings. The summed E-state index contributed by atoms with van der Waals surface area (Å²) in [4.78, 5) is 8.53. The van der Waals surface area contributed by atoms with Crippen molar-refractivity contribution in [2.75, 3.05) is 0 Å². The molecule has 0 atom stereocenters. The summed E-state index contributed by atoms with van der Waals surface area (Å²) in [5.74, 6) is -0.0424. The topological polar surface area (TPSA) is 25.8 Å². The molecule has 3 aromatic rings. The Bertz CT molecular complexity index is 870. The Morgan fingerprint density at radius 3 is 1.86 bits per heavy atom. The highest BCUT2D eigenvalue weighted by atomic mass is 19.1. The number of rotatable bonds is 9. The van der Waals surface area contributed by atoms with Gasteiger partial charge in [0, 0.05) is 11.8 Å². The highest BCUT2D eigenvalue weighted by Gasteiger charge is 2.10. The number of nitrogens with zero attached hydrogens (tertiary/aromatic N) is 2. The second-order valence-electron chi connectivity index (χ2n) is 7.35. The molecule has 0 saturated carbocycles. The number of hydrogen-bond acceptors (Lipinski definition) is 2. The summed E-state index contributed by atoms with van der Waals surface area (Å²) in [6.07, 6.45) is 9.74. The lowest BCUT2D eigenvalue weighted by Gasteiger charge is -2.07. The van der Waals surface area contributed by atoms with Crippen LogP contribution in [0.15, 0.2) is 54.7 Å². The van der Waals surface area contributed by atoms with Crippen LogP contribution >= 0.6 is 0 Å². The molecule has 2 aromatic carbocycles. The lowest BCUT2D eigenvalue weighted by Crippen LogP contribution is -1.96. The molecular formula is C25H29FN2. The third-order valence-electron chi connectivity index (χ3n) is 5.11. The van der Waals surface area contributed by atoms with E-state index in [-0.39, 0.29) is 0 Å². The number of unbranched alkanes of at least 4 members (excludes halogenated alkanes) is 3. The van der Waals surface area contributed by atoms with Gasteiger partial charge in [0.2, 0.25) is 5.95 Å². The Kier molecular flexibility index (Phi) is 7.30. The van der Waals surface area contributed by atoms with Crippen molar-refractivity contribution in [3.63, 3.8) is 0 Å². The molecule has 0 saturated heterocycles. The van der Waals surface area contributed by atoms with Crippen molar-refractivity contribution < 1.29 is 4.39 Å². The first kappa shape index (κ1) is 20.2. The van der Waals surface area contributed by atoms with Gasteiger partial charge in [-0.25, -0.2) is 4.98 Å². The summed E-state index contributed by atoms with van der Waals surface area (Å²) in [5, 5.41) is 0. The summed E-state index contributed by atoms with van der Waals surface area (Å²) in [6.45, 7) is 4.39. The van der Waals surface area contributed by atoms with Crippen molar-refractivity contribution >= 4 is 0 Å². The van der Waals surface area contributed by atoms with Gasteiger partial charge in [-0.1, -0.05) is 81.6 Å². The molecular weight excluding hydrogens is 347 g/mol. The van der Waals surface area contributed by atoms with Crippen LogP contribution in [0.5, 0.6) is 0 Å². The highest BCUT2D eigenvalue weighted by molar-refractivity contribution is 5.64. The monoisotopic (exact) mass is 376 g/mol. The van der Waals surface area contributed by atoms with Crippen molar-refractivity contribution in [1.29, 1.82) is 0 Å². The predicted octanol–water partition coefficient (Wildman–Crippen LogP) is 7.03. The van der Waals surface area contributed by atoms with Crippen LogP contribution in [-0.2, 0) is 12.8 Å². The molecule has 1 heterocycles. The fourth-order valence-corrected chi connectivity index (χ4v) is 3.33. The van der Waals surface area contributed by atoms with E-state index in [0.717, 1.165) is 24.0 Å². The average molecular weight is 377 g/mol. The van der Waals surface area contributed by atoms with Crippen LogP contribution in [0.2, 0.25) is 0 Å². The van der Waals surface area contributed by atoms with E-state index < -0.39 is 5.95 Å². The second-order valence-corrected chi connectivity index (χ2v) is 7.35. The molecule has 0 aliphatic carbocycles. The predicted molar refractivity (Wildman–Crippen MR) is 115 cm³/mol. The maximum absolute atomic E-state index is 14.7. The van der Waals surface area contributed by atoms with Gasteiger partial charge in [0.1, 0.15) is 0 Å². The first-order chi connectivity index (χ1) is 13.7. The van der Waals surface area contributed by atoms with Crippen LogP contribution in [0, 0.1) is 5.95 Å². The fraction of sp³-hybridized carbons (Fsp3) is 0.360. The van der Waals surface area contributed by atoms with Crippen molar-refractivity contribution in [2.24, 2.45) is 0 Å². The Morgan fingerprint density at radius 1 is 0.714 bits per heavy atom. The molecule has 0 spiro atoms. The molecule has 0 aliphatic heterocycles. The van der Waals surface area contributed by atoms with Gasteiger partial charge in [-0.05, 0) is 42.4 Å². The van der Waals surface area contributed by atoms with Gasteiger partial charge in [0.15, 0.2) is 5.82 Å². The zero-order valence-electron chi connectivity index (χ0n) is 16.9. The zero-order valence-corrected chi connectivity index (χ0v) is 16.9. The van der Waals surface area contributed by atoms with Gasteiger partial charge in [-0.2, -0.15) is 9.37 Å². The quantitative estimate of drug-likeness (QED) is 0.296. The molecule has 0 aliphatic rings. The van der Waals surface area contributed by atoms with E-state index in [1.165, 1.54) is 43.2 Å². The van der Waals surface area contributed by atoms with Crippen LogP contribution < -0.4 is 0 Å². The van der Waals surface area contributed by atoms with Crippen molar-refractivity contribution in [1.82, 2.24) is 9.97 Å². The molecule has 2 nitrogen and oxygen atoms in total. The standard InChI is InChI=1S/C25H29FN2/c1-3-5-7-9-20-12-16-22(17-13-20)25-27-18-23(24(26)28-25)21-14-10-19(11-15-21)8-6-4-2/h10-18H,3-9H2,1-2H3. The molecule has 0 amide bonds. The molecule has 0 unspecified atom stereocenters. The van der Waals surface area contributed by atoms with Crippen molar-refractivity contribution in [3.8, 4) is 22.5 Å². The van der Waals surface area contributed by atoms with E-state index >= 15 is 0 Å². The molecule has 3 heteroatoms. The third-order valence-corrected chi connectivity index (χ3v) is 5.11. The number of aromatic nitrogens is 2. The molecule has 28 heavy (non-hydrogen) atoms. The maximum Gasteiger partial charge on any atom is 0.224 e. The van der Waals surface area contributed by atoms with E-state index in [4.69, 9.17) is 0 Å². The normalized spacial score (nSPS) is 11.0. The Morgan fingerprint density at radius 2 is 1.29 bits per heavy atom. The second kappa shape index (κ2) is 10.1. The minimum atomic E-state index is -0.474. The number of benzene rings is 2. The highest BCUT2D eigenvalue weighted by Crippen LogP contribution is 2.24. The average Bonchev–Trinajstić information content (AvgIpc) is 2.73. The summed E-state index contributed by atoms with van der Waals surface area (Å²) in [7, 11) is 0. The molecule has 0 radical (unpaired) electrons. The summed E-state index contributed by atoms with van der Waals surface area (Å²) in [6, 6.07) is 16.2.